The number of rotatable bonds is 4. The van der Waals surface area contributed by atoms with Gasteiger partial charge in [0.1, 0.15) is 17.9 Å². The molecular weight excluding hydrogens is 272 g/mol. The minimum absolute atomic E-state index is 0.0923. The highest BCUT2D eigenvalue weighted by molar-refractivity contribution is 5.85. The van der Waals surface area contributed by atoms with Crippen molar-refractivity contribution in [2.24, 2.45) is 0 Å². The van der Waals surface area contributed by atoms with E-state index in [1.54, 1.807) is 0 Å². The number of hydrogen-bond donors (Lipinski definition) is 1. The molecule has 0 saturated carbocycles. The van der Waals surface area contributed by atoms with Gasteiger partial charge in [-0.2, -0.15) is 0 Å². The molecule has 0 unspecified atom stereocenters. The molecule has 0 amide bonds. The molecule has 0 radical (unpaired) electrons. The van der Waals surface area contributed by atoms with Crippen LogP contribution in [0.2, 0.25) is 0 Å². The SMILES string of the molecule is Cc1ccc2cccc(OCc3cc(C(=O)O)no3)c2n1. The number of carboxylic acid groups (broad SMARTS) is 1. The molecule has 3 rings (SSSR count). The maximum absolute atomic E-state index is 10.7. The van der Waals surface area contributed by atoms with Crippen LogP contribution < -0.4 is 4.74 Å². The van der Waals surface area contributed by atoms with Crippen molar-refractivity contribution < 1.29 is 19.2 Å². The van der Waals surface area contributed by atoms with Gasteiger partial charge in [0, 0.05) is 17.1 Å². The maximum Gasteiger partial charge on any atom is 0.358 e. The minimum Gasteiger partial charge on any atom is -0.483 e. The van der Waals surface area contributed by atoms with Crippen LogP contribution in [-0.2, 0) is 6.61 Å². The number of hydrogen-bond acceptors (Lipinski definition) is 5. The van der Waals surface area contributed by atoms with E-state index < -0.39 is 5.97 Å². The molecule has 0 aliphatic carbocycles. The van der Waals surface area contributed by atoms with E-state index in [9.17, 15) is 4.79 Å². The van der Waals surface area contributed by atoms with E-state index >= 15 is 0 Å². The van der Waals surface area contributed by atoms with E-state index in [0.717, 1.165) is 16.6 Å². The van der Waals surface area contributed by atoms with Gasteiger partial charge in [0.25, 0.3) is 0 Å². The number of carbonyl (C=O) groups is 1. The molecule has 1 N–H and O–H groups in total. The van der Waals surface area contributed by atoms with Gasteiger partial charge in [0.05, 0.1) is 0 Å². The zero-order valence-corrected chi connectivity index (χ0v) is 11.2. The van der Waals surface area contributed by atoms with Crippen molar-refractivity contribution in [3.8, 4) is 5.75 Å². The lowest BCUT2D eigenvalue weighted by Crippen LogP contribution is -1.97. The number of nitrogens with zero attached hydrogens (tertiary/aromatic N) is 2. The van der Waals surface area contributed by atoms with Gasteiger partial charge < -0.3 is 14.4 Å². The Labute approximate surface area is 120 Å². The Balaban J connectivity index is 1.84. The number of aryl methyl sites for hydroxylation is 1. The Morgan fingerprint density at radius 3 is 2.95 bits per heavy atom. The standard InChI is InChI=1S/C15H12N2O4/c1-9-5-6-10-3-2-4-13(14(10)16-9)20-8-11-7-12(15(18)19)17-21-11/h2-7H,8H2,1H3,(H,18,19). The number of fused-ring (bicyclic) bond motifs is 1. The molecule has 3 aromatic rings. The normalized spacial score (nSPS) is 10.7. The van der Waals surface area contributed by atoms with E-state index in [1.165, 1.54) is 6.07 Å². The molecule has 0 atom stereocenters. The average molecular weight is 284 g/mol. The number of pyridine rings is 1. The number of aromatic nitrogens is 2. The summed E-state index contributed by atoms with van der Waals surface area (Å²) in [6.45, 7) is 2.00. The summed E-state index contributed by atoms with van der Waals surface area (Å²) in [7, 11) is 0. The van der Waals surface area contributed by atoms with Gasteiger partial charge in [-0.1, -0.05) is 23.4 Å². The molecule has 106 valence electrons. The van der Waals surface area contributed by atoms with Crippen molar-refractivity contribution in [2.45, 2.75) is 13.5 Å². The molecule has 21 heavy (non-hydrogen) atoms. The maximum atomic E-state index is 10.7. The Morgan fingerprint density at radius 2 is 2.19 bits per heavy atom. The molecule has 6 nitrogen and oxygen atoms in total. The van der Waals surface area contributed by atoms with Crippen LogP contribution in [0.3, 0.4) is 0 Å². The fourth-order valence-corrected chi connectivity index (χ4v) is 1.96. The summed E-state index contributed by atoms with van der Waals surface area (Å²) in [5, 5.41) is 13.2. The lowest BCUT2D eigenvalue weighted by atomic mass is 10.2. The van der Waals surface area contributed by atoms with Crippen LogP contribution >= 0.6 is 0 Å². The molecule has 0 aliphatic rings. The van der Waals surface area contributed by atoms with Crippen LogP contribution in [0.25, 0.3) is 10.9 Å². The van der Waals surface area contributed by atoms with Crippen LogP contribution in [0.5, 0.6) is 5.75 Å². The minimum atomic E-state index is -1.13. The molecule has 0 bridgehead atoms. The largest absolute Gasteiger partial charge is 0.483 e. The Morgan fingerprint density at radius 1 is 1.33 bits per heavy atom. The van der Waals surface area contributed by atoms with Gasteiger partial charge in [0.2, 0.25) is 0 Å². The summed E-state index contributed by atoms with van der Waals surface area (Å²) < 4.78 is 10.6. The summed E-state index contributed by atoms with van der Waals surface area (Å²) >= 11 is 0. The van der Waals surface area contributed by atoms with Crippen LogP contribution in [0, 0.1) is 6.92 Å². The van der Waals surface area contributed by atoms with Gasteiger partial charge >= 0.3 is 5.97 Å². The van der Waals surface area contributed by atoms with Crippen molar-refractivity contribution in [2.75, 3.05) is 0 Å². The number of carboxylic acids is 1. The third kappa shape index (κ3) is 2.69. The van der Waals surface area contributed by atoms with Gasteiger partial charge in [-0.05, 0) is 19.1 Å². The highest BCUT2D eigenvalue weighted by Gasteiger charge is 2.12. The van der Waals surface area contributed by atoms with Crippen LogP contribution in [0.1, 0.15) is 21.9 Å². The number of aromatic carboxylic acids is 1. The molecule has 0 spiro atoms. The number of benzene rings is 1. The van der Waals surface area contributed by atoms with Crippen molar-refractivity contribution in [3.63, 3.8) is 0 Å². The topological polar surface area (TPSA) is 85.5 Å². The van der Waals surface area contributed by atoms with E-state index in [4.69, 9.17) is 14.4 Å². The fraction of sp³-hybridized carbons (Fsp3) is 0.133. The fourth-order valence-electron chi connectivity index (χ4n) is 1.96. The average Bonchev–Trinajstić information content (AvgIpc) is 2.94. The van der Waals surface area contributed by atoms with E-state index in [-0.39, 0.29) is 12.3 Å². The van der Waals surface area contributed by atoms with Gasteiger partial charge in [-0.3, -0.25) is 0 Å². The Kier molecular flexibility index (Phi) is 3.27. The third-order valence-electron chi connectivity index (χ3n) is 2.97. The van der Waals surface area contributed by atoms with E-state index in [2.05, 4.69) is 10.1 Å². The summed E-state index contributed by atoms with van der Waals surface area (Å²) in [6, 6.07) is 10.9. The number of ether oxygens (including phenoxy) is 1. The van der Waals surface area contributed by atoms with Gasteiger partial charge in [-0.15, -0.1) is 0 Å². The van der Waals surface area contributed by atoms with Crippen LogP contribution in [0.15, 0.2) is 40.9 Å². The smallest absolute Gasteiger partial charge is 0.358 e. The van der Waals surface area contributed by atoms with Crippen LogP contribution in [-0.4, -0.2) is 21.2 Å². The molecule has 0 saturated heterocycles. The van der Waals surface area contributed by atoms with Crippen molar-refractivity contribution in [1.82, 2.24) is 10.1 Å². The lowest BCUT2D eigenvalue weighted by Gasteiger charge is -2.07. The Hall–Kier alpha value is -2.89. The Bertz CT molecular complexity index is 810. The molecule has 0 aliphatic heterocycles. The van der Waals surface area contributed by atoms with Crippen molar-refractivity contribution in [3.05, 3.63) is 53.5 Å². The summed E-state index contributed by atoms with van der Waals surface area (Å²) in [5.74, 6) is -0.172. The molecule has 1 aromatic carbocycles. The number of para-hydroxylation sites is 1. The highest BCUT2D eigenvalue weighted by Crippen LogP contribution is 2.24. The lowest BCUT2D eigenvalue weighted by molar-refractivity contribution is 0.0685. The second-order valence-corrected chi connectivity index (χ2v) is 4.55. The molecule has 2 aromatic heterocycles. The van der Waals surface area contributed by atoms with Crippen molar-refractivity contribution in [1.29, 1.82) is 0 Å². The zero-order chi connectivity index (χ0) is 14.8. The quantitative estimate of drug-likeness (QED) is 0.792. The monoisotopic (exact) mass is 284 g/mol. The predicted molar refractivity (Wildman–Crippen MR) is 74.3 cm³/mol. The summed E-state index contributed by atoms with van der Waals surface area (Å²) in [5.41, 5.74) is 1.52. The summed E-state index contributed by atoms with van der Waals surface area (Å²) in [6.07, 6.45) is 0. The predicted octanol–water partition coefficient (Wildman–Crippen LogP) is 2.81. The third-order valence-corrected chi connectivity index (χ3v) is 2.97. The highest BCUT2D eigenvalue weighted by atomic mass is 16.5. The molecular formula is C15H12N2O4. The first kappa shape index (κ1) is 13.1. The first-order chi connectivity index (χ1) is 10.1. The second-order valence-electron chi connectivity index (χ2n) is 4.55. The molecule has 0 fully saturated rings. The first-order valence-corrected chi connectivity index (χ1v) is 6.31. The van der Waals surface area contributed by atoms with Gasteiger partial charge in [-0.25, -0.2) is 9.78 Å². The van der Waals surface area contributed by atoms with Crippen molar-refractivity contribution >= 4 is 16.9 Å². The first-order valence-electron chi connectivity index (χ1n) is 6.31. The zero-order valence-electron chi connectivity index (χ0n) is 11.2. The van der Waals surface area contributed by atoms with E-state index in [1.807, 2.05) is 37.3 Å². The van der Waals surface area contributed by atoms with Crippen LogP contribution in [0.4, 0.5) is 0 Å². The molecule has 6 heteroatoms. The summed E-state index contributed by atoms with van der Waals surface area (Å²) in [4.78, 5) is 15.2. The van der Waals surface area contributed by atoms with E-state index in [0.29, 0.717) is 11.5 Å². The van der Waals surface area contributed by atoms with Gasteiger partial charge in [0.15, 0.2) is 11.5 Å². The second kappa shape index (κ2) is 5.24. The molecule has 2 heterocycles.